The molecule has 90 valence electrons. The highest BCUT2D eigenvalue weighted by molar-refractivity contribution is 5.85. The number of pyridine rings is 1. The SMILES string of the molecule is O=C(O)/C=C/c1ccc(O[C@H]2CCOC2)nc1. The summed E-state index contributed by atoms with van der Waals surface area (Å²) in [6.07, 6.45) is 5.08. The number of ether oxygens (including phenoxy) is 2. The molecule has 5 nitrogen and oxygen atoms in total. The van der Waals surface area contributed by atoms with Gasteiger partial charge in [0.1, 0.15) is 6.10 Å². The van der Waals surface area contributed by atoms with Crippen molar-refractivity contribution in [1.82, 2.24) is 4.98 Å². The molecule has 1 N–H and O–H groups in total. The summed E-state index contributed by atoms with van der Waals surface area (Å²) < 4.78 is 10.8. The molecule has 1 aromatic rings. The highest BCUT2D eigenvalue weighted by atomic mass is 16.5. The number of aliphatic carboxylic acids is 1. The fourth-order valence-electron chi connectivity index (χ4n) is 1.50. The largest absolute Gasteiger partial charge is 0.478 e. The van der Waals surface area contributed by atoms with Crippen LogP contribution < -0.4 is 4.74 Å². The Hall–Kier alpha value is -1.88. The predicted octanol–water partition coefficient (Wildman–Crippen LogP) is 1.35. The molecule has 17 heavy (non-hydrogen) atoms. The van der Waals surface area contributed by atoms with E-state index in [-0.39, 0.29) is 6.10 Å². The average Bonchev–Trinajstić information content (AvgIpc) is 2.81. The Balaban J connectivity index is 1.95. The molecule has 1 aliphatic rings. The molecule has 0 aliphatic carbocycles. The summed E-state index contributed by atoms with van der Waals surface area (Å²) in [5, 5.41) is 8.47. The van der Waals surface area contributed by atoms with E-state index < -0.39 is 5.97 Å². The Morgan fingerprint density at radius 3 is 3.06 bits per heavy atom. The molecule has 0 unspecified atom stereocenters. The molecule has 2 heterocycles. The van der Waals surface area contributed by atoms with Crippen molar-refractivity contribution in [1.29, 1.82) is 0 Å². The second-order valence-corrected chi connectivity index (χ2v) is 3.70. The number of nitrogens with zero attached hydrogens (tertiary/aromatic N) is 1. The lowest BCUT2D eigenvalue weighted by atomic mass is 10.2. The van der Waals surface area contributed by atoms with Gasteiger partial charge >= 0.3 is 5.97 Å². The van der Waals surface area contributed by atoms with Gasteiger partial charge in [0.2, 0.25) is 5.88 Å². The molecule has 5 heteroatoms. The van der Waals surface area contributed by atoms with E-state index >= 15 is 0 Å². The van der Waals surface area contributed by atoms with Crippen LogP contribution in [0.2, 0.25) is 0 Å². The third-order valence-electron chi connectivity index (χ3n) is 2.35. The summed E-state index contributed by atoms with van der Waals surface area (Å²) >= 11 is 0. The van der Waals surface area contributed by atoms with Gasteiger partial charge in [0, 0.05) is 24.8 Å². The second-order valence-electron chi connectivity index (χ2n) is 3.70. The first-order valence-electron chi connectivity index (χ1n) is 5.35. The minimum absolute atomic E-state index is 0.0721. The van der Waals surface area contributed by atoms with E-state index in [4.69, 9.17) is 14.6 Å². The van der Waals surface area contributed by atoms with Crippen LogP contribution >= 0.6 is 0 Å². The van der Waals surface area contributed by atoms with E-state index in [0.29, 0.717) is 12.5 Å². The molecular weight excluding hydrogens is 222 g/mol. The summed E-state index contributed by atoms with van der Waals surface area (Å²) in [6.45, 7) is 1.33. The van der Waals surface area contributed by atoms with Crippen LogP contribution in [0.25, 0.3) is 6.08 Å². The Kier molecular flexibility index (Phi) is 3.72. The van der Waals surface area contributed by atoms with Crippen LogP contribution in [0.4, 0.5) is 0 Å². The highest BCUT2D eigenvalue weighted by Gasteiger charge is 2.17. The monoisotopic (exact) mass is 235 g/mol. The number of hydrogen-bond donors (Lipinski definition) is 1. The molecule has 1 saturated heterocycles. The number of rotatable bonds is 4. The molecule has 0 bridgehead atoms. The smallest absolute Gasteiger partial charge is 0.328 e. The van der Waals surface area contributed by atoms with Crippen molar-refractivity contribution in [2.75, 3.05) is 13.2 Å². The van der Waals surface area contributed by atoms with Crippen molar-refractivity contribution < 1.29 is 19.4 Å². The standard InChI is InChI=1S/C12H13NO4/c14-12(15)4-2-9-1-3-11(13-7-9)17-10-5-6-16-8-10/h1-4,7,10H,5-6,8H2,(H,14,15)/b4-2+/t10-/m0/s1. The number of carboxylic acid groups (broad SMARTS) is 1. The van der Waals surface area contributed by atoms with Crippen LogP contribution in [-0.4, -0.2) is 35.4 Å². The zero-order valence-corrected chi connectivity index (χ0v) is 9.20. The van der Waals surface area contributed by atoms with E-state index in [9.17, 15) is 4.79 Å². The van der Waals surface area contributed by atoms with E-state index in [1.54, 1.807) is 18.3 Å². The summed E-state index contributed by atoms with van der Waals surface area (Å²) in [5.41, 5.74) is 0.724. The first kappa shape index (κ1) is 11.6. The highest BCUT2D eigenvalue weighted by Crippen LogP contribution is 2.15. The van der Waals surface area contributed by atoms with Crippen molar-refractivity contribution >= 4 is 12.0 Å². The van der Waals surface area contributed by atoms with E-state index in [1.165, 1.54) is 6.08 Å². The fraction of sp³-hybridized carbons (Fsp3) is 0.333. The van der Waals surface area contributed by atoms with Gasteiger partial charge in [-0.3, -0.25) is 0 Å². The molecule has 1 fully saturated rings. The normalized spacial score (nSPS) is 19.6. The first-order valence-corrected chi connectivity index (χ1v) is 5.35. The molecular formula is C12H13NO4. The van der Waals surface area contributed by atoms with E-state index in [1.807, 2.05) is 0 Å². The molecule has 0 radical (unpaired) electrons. The third-order valence-corrected chi connectivity index (χ3v) is 2.35. The molecule has 0 aromatic carbocycles. The van der Waals surface area contributed by atoms with E-state index in [0.717, 1.165) is 24.7 Å². The van der Waals surface area contributed by atoms with Gasteiger partial charge in [-0.1, -0.05) is 0 Å². The third kappa shape index (κ3) is 3.57. The van der Waals surface area contributed by atoms with Gasteiger partial charge in [0.15, 0.2) is 0 Å². The van der Waals surface area contributed by atoms with Crippen molar-refractivity contribution in [2.24, 2.45) is 0 Å². The predicted molar refractivity (Wildman–Crippen MR) is 60.8 cm³/mol. The second kappa shape index (κ2) is 5.45. The van der Waals surface area contributed by atoms with Crippen LogP contribution in [0, 0.1) is 0 Å². The quantitative estimate of drug-likeness (QED) is 0.798. The summed E-state index contributed by atoms with van der Waals surface area (Å²) in [7, 11) is 0. The first-order chi connectivity index (χ1) is 8.24. The van der Waals surface area contributed by atoms with Gasteiger partial charge in [-0.05, 0) is 17.7 Å². The molecule has 1 atom stereocenters. The summed E-state index contributed by atoms with van der Waals surface area (Å²) in [4.78, 5) is 14.4. The van der Waals surface area contributed by atoms with Gasteiger partial charge < -0.3 is 14.6 Å². The molecule has 1 aliphatic heterocycles. The maximum Gasteiger partial charge on any atom is 0.328 e. The van der Waals surface area contributed by atoms with Crippen molar-refractivity contribution in [3.63, 3.8) is 0 Å². The average molecular weight is 235 g/mol. The Bertz CT molecular complexity index is 407. The zero-order valence-electron chi connectivity index (χ0n) is 9.20. The van der Waals surface area contributed by atoms with Gasteiger partial charge in [-0.15, -0.1) is 0 Å². The lowest BCUT2D eigenvalue weighted by molar-refractivity contribution is -0.131. The molecule has 2 rings (SSSR count). The van der Waals surface area contributed by atoms with Gasteiger partial charge in [0.05, 0.1) is 13.2 Å². The lowest BCUT2D eigenvalue weighted by Gasteiger charge is -2.10. The van der Waals surface area contributed by atoms with Gasteiger partial charge in [0.25, 0.3) is 0 Å². The molecule has 0 saturated carbocycles. The van der Waals surface area contributed by atoms with Crippen LogP contribution in [0.3, 0.4) is 0 Å². The van der Waals surface area contributed by atoms with Crippen LogP contribution in [0.15, 0.2) is 24.4 Å². The topological polar surface area (TPSA) is 68.7 Å². The molecule has 1 aromatic heterocycles. The number of hydrogen-bond acceptors (Lipinski definition) is 4. The number of carbonyl (C=O) groups is 1. The Morgan fingerprint density at radius 2 is 2.47 bits per heavy atom. The summed E-state index contributed by atoms with van der Waals surface area (Å²) in [6, 6.07) is 3.48. The Labute approximate surface area is 98.7 Å². The Morgan fingerprint density at radius 1 is 1.59 bits per heavy atom. The maximum atomic E-state index is 10.3. The fourth-order valence-corrected chi connectivity index (χ4v) is 1.50. The van der Waals surface area contributed by atoms with Gasteiger partial charge in [-0.2, -0.15) is 0 Å². The minimum Gasteiger partial charge on any atom is -0.478 e. The van der Waals surface area contributed by atoms with Crippen molar-refractivity contribution in [3.05, 3.63) is 30.0 Å². The van der Waals surface area contributed by atoms with E-state index in [2.05, 4.69) is 4.98 Å². The number of aromatic nitrogens is 1. The zero-order chi connectivity index (χ0) is 12.1. The van der Waals surface area contributed by atoms with Crippen LogP contribution in [-0.2, 0) is 9.53 Å². The van der Waals surface area contributed by atoms with Crippen molar-refractivity contribution in [2.45, 2.75) is 12.5 Å². The summed E-state index contributed by atoms with van der Waals surface area (Å²) in [5.74, 6) is -0.443. The van der Waals surface area contributed by atoms with Crippen LogP contribution in [0.1, 0.15) is 12.0 Å². The number of carboxylic acids is 1. The van der Waals surface area contributed by atoms with Crippen LogP contribution in [0.5, 0.6) is 5.88 Å². The van der Waals surface area contributed by atoms with Gasteiger partial charge in [-0.25, -0.2) is 9.78 Å². The minimum atomic E-state index is -0.978. The molecule has 0 spiro atoms. The lowest BCUT2D eigenvalue weighted by Crippen LogP contribution is -2.16. The van der Waals surface area contributed by atoms with Crippen molar-refractivity contribution in [3.8, 4) is 5.88 Å². The maximum absolute atomic E-state index is 10.3. The molecule has 0 amide bonds.